The fraction of sp³-hybridized carbons (Fsp3) is 0. The summed E-state index contributed by atoms with van der Waals surface area (Å²) >= 11 is -5.75. The van der Waals surface area contributed by atoms with Crippen LogP contribution in [0.15, 0.2) is 0 Å². The molecule has 8 heavy (non-hydrogen) atoms. The van der Waals surface area contributed by atoms with Crippen molar-refractivity contribution in [2.24, 2.45) is 0 Å². The Kier molecular flexibility index (Phi) is 22.1. The van der Waals surface area contributed by atoms with Crippen LogP contribution in [-0.2, 0) is 24.7 Å². The molecule has 0 fully saturated rings. The van der Waals surface area contributed by atoms with Crippen molar-refractivity contribution in [2.75, 3.05) is 0 Å². The Bertz CT molecular complexity index is 91.7. The molecule has 0 saturated heterocycles. The van der Waals surface area contributed by atoms with Gasteiger partial charge in [0.2, 0.25) is 0 Å². The van der Waals surface area contributed by atoms with Crippen molar-refractivity contribution < 1.29 is 44.1 Å². The van der Waals surface area contributed by atoms with E-state index in [0.29, 0.717) is 0 Å². The Morgan fingerprint density at radius 2 is 1.00 bits per heavy atom. The normalized spacial score (nSPS) is 7.25. The van der Waals surface area contributed by atoms with Crippen LogP contribution >= 0.6 is 0 Å². The fourth-order valence-electron chi connectivity index (χ4n) is 0. The minimum Gasteiger partial charge on any atom is 2.00 e. The van der Waals surface area contributed by atoms with Gasteiger partial charge in [-0.2, -0.15) is 0 Å². The molecule has 4 N–H and O–H groups in total. The van der Waals surface area contributed by atoms with Gasteiger partial charge in [0, 0.05) is 0 Å². The zero-order valence-corrected chi connectivity index (χ0v) is 6.31. The molecule has 53 valence electrons. The van der Waals surface area contributed by atoms with Crippen LogP contribution in [-0.4, -0.2) is 24.3 Å². The first-order valence-corrected chi connectivity index (χ1v) is 3.46. The molecule has 0 aliphatic rings. The maximum absolute atomic E-state index is 8.59. The van der Waals surface area contributed by atoms with Crippen LogP contribution in [0.3, 0.4) is 0 Å². The summed E-state index contributed by atoms with van der Waals surface area (Å²) < 4.78 is 34.4. The second-order valence-electron chi connectivity index (χ2n) is 0.408. The smallest absolute Gasteiger partial charge is 2.00 e. The van der Waals surface area contributed by atoms with Gasteiger partial charge in [-0.05, 0) is 0 Å². The Morgan fingerprint density at radius 1 is 1.00 bits per heavy atom. The van der Waals surface area contributed by atoms with E-state index in [-0.39, 0.29) is 28.0 Å². The summed E-state index contributed by atoms with van der Waals surface area (Å²) in [6.45, 7) is 0. The zero-order valence-electron chi connectivity index (χ0n) is 3.42. The first kappa shape index (κ1) is 23.6. The summed E-state index contributed by atoms with van der Waals surface area (Å²) in [5.41, 5.74) is 0. The van der Waals surface area contributed by atoms with Gasteiger partial charge in [0.15, 0.2) is 0 Å². The molecule has 0 heterocycles. The van der Waals surface area contributed by atoms with Crippen LogP contribution in [0.1, 0.15) is 0 Å². The molecule has 1 radical (unpaired) electrons. The van der Waals surface area contributed by atoms with Gasteiger partial charge in [-0.15, -0.1) is 0 Å². The van der Waals surface area contributed by atoms with Crippen LogP contribution in [0.2, 0.25) is 0 Å². The van der Waals surface area contributed by atoms with E-state index in [4.69, 9.17) is 16.0 Å². The first-order chi connectivity index (χ1) is 2.00. The van der Waals surface area contributed by atoms with Crippen molar-refractivity contribution in [2.45, 2.75) is 0 Å². The van der Waals surface area contributed by atoms with Crippen molar-refractivity contribution >= 4 is 13.4 Å². The van der Waals surface area contributed by atoms with Gasteiger partial charge in [-0.25, -0.2) is 0 Å². The fourth-order valence-corrected chi connectivity index (χ4v) is 0. The average Bonchev–Trinajstić information content (AvgIpc) is 0.722. The Morgan fingerprint density at radius 3 is 1.00 bits per heavy atom. The minimum absolute atomic E-state index is 0. The van der Waals surface area contributed by atoms with Gasteiger partial charge in [0.05, 0.1) is 0 Å². The molecular formula is H4MnO6Se. The standard InChI is InChI=1S/Mn.H2O4Se.2H2O/c;1-5(2,3)4;;/h;(H2,1,2,3,4);2*1H2/q+2;;;/p-2. The third-order valence-corrected chi connectivity index (χ3v) is 0. The molecule has 0 spiro atoms. The van der Waals surface area contributed by atoms with E-state index in [1.807, 2.05) is 0 Å². The molecule has 0 aromatic rings. The van der Waals surface area contributed by atoms with Crippen LogP contribution in [0.4, 0.5) is 0 Å². The Balaban J connectivity index is -0.0000000267. The number of hydrogen-bond donors (Lipinski definition) is 0. The van der Waals surface area contributed by atoms with Crippen molar-refractivity contribution in [3.05, 3.63) is 0 Å². The molecule has 0 atom stereocenters. The summed E-state index contributed by atoms with van der Waals surface area (Å²) in [6, 6.07) is 0. The molecular weight excluding hydrogens is 230 g/mol. The molecule has 0 rings (SSSR count). The van der Waals surface area contributed by atoms with Crippen LogP contribution < -0.4 is 8.38 Å². The molecule has 0 aromatic carbocycles. The van der Waals surface area contributed by atoms with Crippen molar-refractivity contribution in [3.8, 4) is 0 Å². The molecule has 0 aliphatic heterocycles. The quantitative estimate of drug-likeness (QED) is 0.388. The minimum atomic E-state index is -5.75. The molecule has 8 heteroatoms. The van der Waals surface area contributed by atoms with Gasteiger partial charge in [-0.1, -0.05) is 0 Å². The van der Waals surface area contributed by atoms with E-state index in [1.165, 1.54) is 0 Å². The largest absolute Gasteiger partial charge is 2.00 e. The molecule has 0 bridgehead atoms. The first-order valence-electron chi connectivity index (χ1n) is 0.667. The molecule has 6 nitrogen and oxygen atoms in total. The van der Waals surface area contributed by atoms with Gasteiger partial charge in [0.1, 0.15) is 0 Å². The van der Waals surface area contributed by atoms with Crippen molar-refractivity contribution in [1.82, 2.24) is 0 Å². The van der Waals surface area contributed by atoms with E-state index >= 15 is 0 Å². The van der Waals surface area contributed by atoms with Gasteiger partial charge >= 0.3 is 46.5 Å². The summed E-state index contributed by atoms with van der Waals surface area (Å²) in [5, 5.41) is 0. The topological polar surface area (TPSA) is 143 Å². The third kappa shape index (κ3) is 848. The monoisotopic (exact) mass is 235 g/mol. The molecule has 0 saturated carbocycles. The van der Waals surface area contributed by atoms with Crippen molar-refractivity contribution in [1.29, 1.82) is 0 Å². The Hall–Kier alpha value is 0.479. The van der Waals surface area contributed by atoms with Crippen LogP contribution in [0, 0.1) is 0 Å². The van der Waals surface area contributed by atoms with Gasteiger partial charge in [0.25, 0.3) is 0 Å². The van der Waals surface area contributed by atoms with Gasteiger partial charge in [-0.3, -0.25) is 0 Å². The SMILES string of the molecule is O.O.O=[Se](=O)([O-])[O-].[Mn+2]. The third-order valence-electron chi connectivity index (χ3n) is 0. The predicted molar refractivity (Wildman–Crippen MR) is 14.4 cm³/mol. The van der Waals surface area contributed by atoms with Gasteiger partial charge < -0.3 is 11.0 Å². The maximum Gasteiger partial charge on any atom is 2.00 e. The Labute approximate surface area is 57.9 Å². The van der Waals surface area contributed by atoms with E-state index < -0.39 is 13.4 Å². The maximum atomic E-state index is 8.59. The van der Waals surface area contributed by atoms with E-state index in [9.17, 15) is 0 Å². The number of hydrogen-bond acceptors (Lipinski definition) is 4. The summed E-state index contributed by atoms with van der Waals surface area (Å²) in [7, 11) is 0. The summed E-state index contributed by atoms with van der Waals surface area (Å²) in [6.07, 6.45) is 0. The van der Waals surface area contributed by atoms with Crippen LogP contribution in [0.5, 0.6) is 0 Å². The number of rotatable bonds is 0. The summed E-state index contributed by atoms with van der Waals surface area (Å²) in [5.74, 6) is 0. The summed E-state index contributed by atoms with van der Waals surface area (Å²) in [4.78, 5) is 0. The molecule has 0 unspecified atom stereocenters. The molecule has 0 amide bonds. The van der Waals surface area contributed by atoms with Crippen molar-refractivity contribution in [3.63, 3.8) is 0 Å². The predicted octanol–water partition coefficient (Wildman–Crippen LogP) is -4.65. The zero-order chi connectivity index (χ0) is 4.50. The second-order valence-corrected chi connectivity index (χ2v) is 2.12. The molecule has 0 aromatic heterocycles. The molecule has 0 aliphatic carbocycles. The van der Waals surface area contributed by atoms with Crippen LogP contribution in [0.25, 0.3) is 0 Å². The average molecular weight is 234 g/mol. The van der Waals surface area contributed by atoms with E-state index in [0.717, 1.165) is 0 Å². The van der Waals surface area contributed by atoms with E-state index in [1.54, 1.807) is 0 Å². The second kappa shape index (κ2) is 7.48. The van der Waals surface area contributed by atoms with E-state index in [2.05, 4.69) is 0 Å².